The van der Waals surface area contributed by atoms with Crippen LogP contribution in [0.2, 0.25) is 0 Å². The van der Waals surface area contributed by atoms with E-state index in [4.69, 9.17) is 5.73 Å². The Balaban J connectivity index is 0.00000225. The van der Waals surface area contributed by atoms with E-state index >= 15 is 0 Å². The molecule has 1 rings (SSSR count). The topological polar surface area (TPSA) is 38.9 Å². The lowest BCUT2D eigenvalue weighted by Crippen LogP contribution is -2.23. The highest BCUT2D eigenvalue weighted by Gasteiger charge is 2.33. The summed E-state index contributed by atoms with van der Waals surface area (Å²) in [6.45, 7) is 1.84. The van der Waals surface area contributed by atoms with Crippen molar-refractivity contribution in [2.75, 3.05) is 0 Å². The standard InChI is InChI=1S/C10H13F3N2.ClH/c1-2-8(14)5-7-6-15-4-3-9(7)10(11,12)13;/h3-4,6,8H,2,5,14H2,1H3;1H. The lowest BCUT2D eigenvalue weighted by Gasteiger charge is -2.14. The molecule has 2 nitrogen and oxygen atoms in total. The third-order valence-electron chi connectivity index (χ3n) is 2.22. The van der Waals surface area contributed by atoms with Crippen LogP contribution in [-0.2, 0) is 12.6 Å². The second kappa shape index (κ2) is 6.06. The van der Waals surface area contributed by atoms with Gasteiger partial charge in [-0.15, -0.1) is 12.4 Å². The van der Waals surface area contributed by atoms with Gasteiger partial charge in [0.2, 0.25) is 0 Å². The first kappa shape index (κ1) is 15.2. The number of nitrogens with two attached hydrogens (primary N) is 1. The molecule has 0 aliphatic rings. The summed E-state index contributed by atoms with van der Waals surface area (Å²) in [5, 5.41) is 0. The fourth-order valence-electron chi connectivity index (χ4n) is 1.29. The first-order valence-electron chi connectivity index (χ1n) is 4.70. The highest BCUT2D eigenvalue weighted by atomic mass is 35.5. The van der Waals surface area contributed by atoms with Crippen LogP contribution in [0, 0.1) is 0 Å². The van der Waals surface area contributed by atoms with Gasteiger partial charge in [-0.2, -0.15) is 13.2 Å². The first-order chi connectivity index (χ1) is 6.95. The van der Waals surface area contributed by atoms with E-state index < -0.39 is 11.7 Å². The van der Waals surface area contributed by atoms with E-state index in [1.54, 1.807) is 0 Å². The molecule has 0 aliphatic heterocycles. The number of pyridine rings is 1. The molecule has 0 amide bonds. The molecule has 16 heavy (non-hydrogen) atoms. The molecule has 6 heteroatoms. The van der Waals surface area contributed by atoms with E-state index in [1.165, 1.54) is 6.20 Å². The Hall–Kier alpha value is -0.810. The van der Waals surface area contributed by atoms with Crippen LogP contribution in [0.1, 0.15) is 24.5 Å². The van der Waals surface area contributed by atoms with Gasteiger partial charge in [0.25, 0.3) is 0 Å². The quantitative estimate of drug-likeness (QED) is 0.901. The molecule has 0 spiro atoms. The number of nitrogens with zero attached hydrogens (tertiary/aromatic N) is 1. The molecule has 0 aromatic carbocycles. The molecule has 1 unspecified atom stereocenters. The van der Waals surface area contributed by atoms with Gasteiger partial charge in [0, 0.05) is 18.4 Å². The lowest BCUT2D eigenvalue weighted by molar-refractivity contribution is -0.138. The van der Waals surface area contributed by atoms with Gasteiger partial charge in [0.15, 0.2) is 0 Å². The molecule has 1 heterocycles. The van der Waals surface area contributed by atoms with Crippen LogP contribution in [0.25, 0.3) is 0 Å². The summed E-state index contributed by atoms with van der Waals surface area (Å²) in [5.41, 5.74) is 5.15. The fourth-order valence-corrected chi connectivity index (χ4v) is 1.29. The van der Waals surface area contributed by atoms with Crippen molar-refractivity contribution < 1.29 is 13.2 Å². The normalized spacial score (nSPS) is 13.1. The van der Waals surface area contributed by atoms with Gasteiger partial charge in [0.1, 0.15) is 0 Å². The van der Waals surface area contributed by atoms with Gasteiger partial charge in [-0.3, -0.25) is 4.98 Å². The Bertz CT molecular complexity index is 328. The van der Waals surface area contributed by atoms with Crippen molar-refractivity contribution in [3.8, 4) is 0 Å². The van der Waals surface area contributed by atoms with Crippen molar-refractivity contribution in [1.82, 2.24) is 4.98 Å². The summed E-state index contributed by atoms with van der Waals surface area (Å²) in [7, 11) is 0. The van der Waals surface area contributed by atoms with Crippen molar-refractivity contribution in [3.05, 3.63) is 29.6 Å². The average Bonchev–Trinajstić information content (AvgIpc) is 2.17. The third-order valence-corrected chi connectivity index (χ3v) is 2.22. The molecular weight excluding hydrogens is 241 g/mol. The Morgan fingerprint density at radius 2 is 2.06 bits per heavy atom. The molecule has 1 aromatic rings. The summed E-state index contributed by atoms with van der Waals surface area (Å²) in [4.78, 5) is 3.69. The molecule has 2 N–H and O–H groups in total. The molecule has 0 radical (unpaired) electrons. The zero-order valence-electron chi connectivity index (χ0n) is 8.79. The first-order valence-corrected chi connectivity index (χ1v) is 4.70. The Morgan fingerprint density at radius 1 is 1.44 bits per heavy atom. The lowest BCUT2D eigenvalue weighted by atomic mass is 10.0. The molecule has 92 valence electrons. The predicted octanol–water partition coefficient (Wildman–Crippen LogP) is 2.80. The summed E-state index contributed by atoms with van der Waals surface area (Å²) < 4.78 is 37.6. The summed E-state index contributed by atoms with van der Waals surface area (Å²) in [5.74, 6) is 0. The highest BCUT2D eigenvalue weighted by molar-refractivity contribution is 5.85. The third kappa shape index (κ3) is 3.98. The van der Waals surface area contributed by atoms with Crippen LogP contribution in [0.15, 0.2) is 18.5 Å². The summed E-state index contributed by atoms with van der Waals surface area (Å²) in [6.07, 6.45) is -1.10. The second-order valence-corrected chi connectivity index (χ2v) is 3.40. The van der Waals surface area contributed by atoms with Crippen LogP contribution in [0.4, 0.5) is 13.2 Å². The number of halogens is 4. The maximum atomic E-state index is 12.5. The van der Waals surface area contributed by atoms with Crippen molar-refractivity contribution in [3.63, 3.8) is 0 Å². The summed E-state index contributed by atoms with van der Waals surface area (Å²) >= 11 is 0. The molecule has 0 aliphatic carbocycles. The van der Waals surface area contributed by atoms with Crippen LogP contribution in [0.5, 0.6) is 0 Å². The van der Waals surface area contributed by atoms with Crippen molar-refractivity contribution in [2.45, 2.75) is 32.0 Å². The number of hydrogen-bond acceptors (Lipinski definition) is 2. The minimum absolute atomic E-state index is 0. The Morgan fingerprint density at radius 3 is 2.56 bits per heavy atom. The molecule has 0 bridgehead atoms. The molecule has 1 aromatic heterocycles. The van der Waals surface area contributed by atoms with Gasteiger partial charge in [-0.25, -0.2) is 0 Å². The van der Waals surface area contributed by atoms with Crippen molar-refractivity contribution in [2.24, 2.45) is 5.73 Å². The van der Waals surface area contributed by atoms with E-state index in [0.29, 0.717) is 6.42 Å². The van der Waals surface area contributed by atoms with Gasteiger partial charge in [0.05, 0.1) is 5.56 Å². The molecule has 0 saturated carbocycles. The fraction of sp³-hybridized carbons (Fsp3) is 0.500. The smallest absolute Gasteiger partial charge is 0.327 e. The van der Waals surface area contributed by atoms with Gasteiger partial charge >= 0.3 is 6.18 Å². The number of rotatable bonds is 3. The van der Waals surface area contributed by atoms with Crippen molar-refractivity contribution in [1.29, 1.82) is 0 Å². The van der Waals surface area contributed by atoms with Crippen LogP contribution < -0.4 is 5.73 Å². The van der Waals surface area contributed by atoms with Gasteiger partial charge in [-0.1, -0.05) is 6.92 Å². The average molecular weight is 255 g/mol. The minimum Gasteiger partial charge on any atom is -0.327 e. The minimum atomic E-state index is -4.33. The molecule has 1 atom stereocenters. The van der Waals surface area contributed by atoms with E-state index in [0.717, 1.165) is 12.3 Å². The second-order valence-electron chi connectivity index (χ2n) is 3.40. The Kier molecular flexibility index (Phi) is 5.75. The summed E-state index contributed by atoms with van der Waals surface area (Å²) in [6, 6.07) is 0.729. The SMILES string of the molecule is CCC(N)Cc1cnccc1C(F)(F)F.Cl. The zero-order valence-corrected chi connectivity index (χ0v) is 9.61. The largest absolute Gasteiger partial charge is 0.416 e. The van der Waals surface area contributed by atoms with E-state index in [-0.39, 0.29) is 30.4 Å². The van der Waals surface area contributed by atoms with Crippen LogP contribution >= 0.6 is 12.4 Å². The van der Waals surface area contributed by atoms with Gasteiger partial charge < -0.3 is 5.73 Å². The Labute approximate surface area is 98.5 Å². The molecular formula is C10H14ClF3N2. The zero-order chi connectivity index (χ0) is 11.5. The molecule has 0 saturated heterocycles. The van der Waals surface area contributed by atoms with Crippen molar-refractivity contribution >= 4 is 12.4 Å². The highest BCUT2D eigenvalue weighted by Crippen LogP contribution is 2.31. The predicted molar refractivity (Wildman–Crippen MR) is 58.5 cm³/mol. The number of alkyl halides is 3. The van der Waals surface area contributed by atoms with Gasteiger partial charge in [-0.05, 0) is 24.5 Å². The number of aromatic nitrogens is 1. The monoisotopic (exact) mass is 254 g/mol. The maximum absolute atomic E-state index is 12.5. The number of hydrogen-bond donors (Lipinski definition) is 1. The maximum Gasteiger partial charge on any atom is 0.416 e. The van der Waals surface area contributed by atoms with E-state index in [9.17, 15) is 13.2 Å². The molecule has 0 fully saturated rings. The van der Waals surface area contributed by atoms with Crippen LogP contribution in [-0.4, -0.2) is 11.0 Å². The van der Waals surface area contributed by atoms with Crippen LogP contribution in [0.3, 0.4) is 0 Å². The van der Waals surface area contributed by atoms with E-state index in [2.05, 4.69) is 4.98 Å². The van der Waals surface area contributed by atoms with E-state index in [1.807, 2.05) is 6.92 Å².